The van der Waals surface area contributed by atoms with Gasteiger partial charge in [-0.3, -0.25) is 9.59 Å². The predicted octanol–water partition coefficient (Wildman–Crippen LogP) is 4.81. The predicted molar refractivity (Wildman–Crippen MR) is 154 cm³/mol. The van der Waals surface area contributed by atoms with E-state index in [2.05, 4.69) is 37.9 Å². The maximum absolute atomic E-state index is 12.6. The van der Waals surface area contributed by atoms with Gasteiger partial charge in [0.15, 0.2) is 0 Å². The van der Waals surface area contributed by atoms with Gasteiger partial charge in [-0.15, -0.1) is 0 Å². The normalized spacial score (nSPS) is 18.3. The molecule has 2 aromatic carbocycles. The van der Waals surface area contributed by atoms with Crippen molar-refractivity contribution in [2.24, 2.45) is 0 Å². The second kappa shape index (κ2) is 11.3. The van der Waals surface area contributed by atoms with Crippen LogP contribution in [0.4, 0.5) is 17.1 Å². The van der Waals surface area contributed by atoms with Gasteiger partial charge in [-0.2, -0.15) is 0 Å². The zero-order chi connectivity index (χ0) is 25.9. The van der Waals surface area contributed by atoms with Crippen molar-refractivity contribution in [3.05, 3.63) is 36.4 Å². The van der Waals surface area contributed by atoms with Crippen LogP contribution >= 0.6 is 0 Å². The molecule has 200 valence electrons. The minimum absolute atomic E-state index is 0.0345. The van der Waals surface area contributed by atoms with Gasteiger partial charge in [0.25, 0.3) is 0 Å². The Kier molecular flexibility index (Phi) is 7.42. The monoisotopic (exact) mass is 514 g/mol. The summed E-state index contributed by atoms with van der Waals surface area (Å²) in [5.74, 6) is 0.0691. The lowest BCUT2D eigenvalue weighted by atomic mass is 10.1. The fourth-order valence-corrected chi connectivity index (χ4v) is 5.67. The zero-order valence-electron chi connectivity index (χ0n) is 22.1. The quantitative estimate of drug-likeness (QED) is 0.337. The molecule has 3 fully saturated rings. The summed E-state index contributed by atoms with van der Waals surface area (Å²) in [4.78, 5) is 34.9. The Morgan fingerprint density at radius 1 is 0.737 bits per heavy atom. The highest BCUT2D eigenvalue weighted by Gasteiger charge is 2.23. The molecule has 2 amide bonds. The number of likely N-dealkylation sites (tertiary alicyclic amines) is 2. The standard InChI is InChI=1S/C30H38N6O2/c37-28(11-17-35-13-1-2-14-35)31-22-7-9-24-26(19-22)34-27-20-23(8-10-25(27)30(24)33-21-5-6-21)32-29(38)12-18-36-15-3-4-16-36/h7-10,19-21H,1-6,11-18H2,(H,31,37)(H,32,38)(H,33,34). The van der Waals surface area contributed by atoms with Gasteiger partial charge in [-0.25, -0.2) is 4.98 Å². The van der Waals surface area contributed by atoms with Gasteiger partial charge in [-0.1, -0.05) is 0 Å². The number of fused-ring (bicyclic) bond motifs is 2. The molecular weight excluding hydrogens is 476 g/mol. The first-order valence-corrected chi connectivity index (χ1v) is 14.3. The Labute approximate surface area is 224 Å². The van der Waals surface area contributed by atoms with Crippen molar-refractivity contribution >= 4 is 50.7 Å². The van der Waals surface area contributed by atoms with E-state index in [-0.39, 0.29) is 11.8 Å². The lowest BCUT2D eigenvalue weighted by molar-refractivity contribution is -0.117. The summed E-state index contributed by atoms with van der Waals surface area (Å²) in [6, 6.07) is 12.4. The minimum atomic E-state index is 0.0345. The minimum Gasteiger partial charge on any atom is -0.381 e. The molecule has 6 rings (SSSR count). The number of rotatable bonds is 10. The Morgan fingerprint density at radius 3 is 1.66 bits per heavy atom. The maximum Gasteiger partial charge on any atom is 0.225 e. The lowest BCUT2D eigenvalue weighted by Crippen LogP contribution is -2.25. The van der Waals surface area contributed by atoms with Crippen LogP contribution in [0.3, 0.4) is 0 Å². The maximum atomic E-state index is 12.6. The van der Waals surface area contributed by atoms with E-state index in [1.165, 1.54) is 38.5 Å². The van der Waals surface area contributed by atoms with Crippen LogP contribution in [0.15, 0.2) is 36.4 Å². The number of amides is 2. The molecule has 0 spiro atoms. The Morgan fingerprint density at radius 2 is 1.21 bits per heavy atom. The smallest absolute Gasteiger partial charge is 0.225 e. The van der Waals surface area contributed by atoms with Gasteiger partial charge in [0.1, 0.15) is 0 Å². The van der Waals surface area contributed by atoms with Crippen LogP contribution in [0.25, 0.3) is 21.8 Å². The van der Waals surface area contributed by atoms with Crippen LogP contribution in [0.5, 0.6) is 0 Å². The first kappa shape index (κ1) is 25.1. The molecule has 2 aliphatic heterocycles. The number of carbonyl (C=O) groups is 2. The van der Waals surface area contributed by atoms with Gasteiger partial charge in [-0.05, 0) is 101 Å². The summed E-state index contributed by atoms with van der Waals surface area (Å²) in [6.45, 7) is 6.00. The molecule has 3 aliphatic rings. The highest BCUT2D eigenvalue weighted by Crippen LogP contribution is 2.36. The van der Waals surface area contributed by atoms with Crippen molar-refractivity contribution in [2.75, 3.05) is 55.2 Å². The van der Waals surface area contributed by atoms with Crippen LogP contribution in [0.2, 0.25) is 0 Å². The summed E-state index contributed by atoms with van der Waals surface area (Å²) in [6.07, 6.45) is 8.25. The van der Waals surface area contributed by atoms with Crippen LogP contribution in [-0.2, 0) is 9.59 Å². The Bertz CT molecular complexity index is 1230. The van der Waals surface area contributed by atoms with E-state index in [1.54, 1.807) is 0 Å². The molecule has 0 atom stereocenters. The average Bonchev–Trinajstić information content (AvgIpc) is 3.34. The Hall–Kier alpha value is -3.23. The first-order valence-electron chi connectivity index (χ1n) is 14.3. The number of hydrogen-bond acceptors (Lipinski definition) is 6. The van der Waals surface area contributed by atoms with Crippen LogP contribution < -0.4 is 16.0 Å². The molecular formula is C30H38N6O2. The van der Waals surface area contributed by atoms with Gasteiger partial charge in [0, 0.05) is 54.1 Å². The number of anilines is 3. The van der Waals surface area contributed by atoms with E-state index in [0.717, 1.165) is 78.1 Å². The van der Waals surface area contributed by atoms with Gasteiger partial charge in [0.05, 0.1) is 16.7 Å². The molecule has 3 aromatic rings. The summed E-state index contributed by atoms with van der Waals surface area (Å²) in [5.41, 5.74) is 4.26. The third kappa shape index (κ3) is 6.08. The van der Waals surface area contributed by atoms with E-state index in [9.17, 15) is 9.59 Å². The Balaban J connectivity index is 1.21. The van der Waals surface area contributed by atoms with Crippen LogP contribution in [0.1, 0.15) is 51.4 Å². The van der Waals surface area contributed by atoms with E-state index in [1.807, 2.05) is 24.3 Å². The molecule has 3 N–H and O–H groups in total. The number of aromatic nitrogens is 1. The number of hydrogen-bond donors (Lipinski definition) is 3. The van der Waals surface area contributed by atoms with E-state index >= 15 is 0 Å². The van der Waals surface area contributed by atoms with Crippen molar-refractivity contribution in [3.8, 4) is 0 Å². The number of carbonyl (C=O) groups excluding carboxylic acids is 2. The number of pyridine rings is 1. The lowest BCUT2D eigenvalue weighted by Gasteiger charge is -2.16. The molecule has 1 saturated carbocycles. The molecule has 1 aliphatic carbocycles. The largest absolute Gasteiger partial charge is 0.381 e. The SMILES string of the molecule is O=C(CCN1CCCC1)Nc1ccc2c(NC3CC3)c3ccc(NC(=O)CCN4CCCC4)cc3nc2c1. The van der Waals surface area contributed by atoms with Crippen molar-refractivity contribution in [1.29, 1.82) is 0 Å². The summed E-state index contributed by atoms with van der Waals surface area (Å²) in [5, 5.41) is 11.9. The van der Waals surface area contributed by atoms with Crippen molar-refractivity contribution in [3.63, 3.8) is 0 Å². The number of nitrogens with one attached hydrogen (secondary N) is 3. The van der Waals surface area contributed by atoms with Crippen molar-refractivity contribution in [2.45, 2.75) is 57.4 Å². The summed E-state index contributed by atoms with van der Waals surface area (Å²) >= 11 is 0. The summed E-state index contributed by atoms with van der Waals surface area (Å²) in [7, 11) is 0. The van der Waals surface area contributed by atoms with E-state index < -0.39 is 0 Å². The van der Waals surface area contributed by atoms with Crippen LogP contribution in [-0.4, -0.2) is 71.9 Å². The van der Waals surface area contributed by atoms with Gasteiger partial charge >= 0.3 is 0 Å². The third-order valence-electron chi connectivity index (χ3n) is 7.98. The molecule has 0 unspecified atom stereocenters. The molecule has 0 bridgehead atoms. The molecule has 38 heavy (non-hydrogen) atoms. The fourth-order valence-electron chi connectivity index (χ4n) is 5.67. The second-order valence-corrected chi connectivity index (χ2v) is 11.1. The molecule has 8 nitrogen and oxygen atoms in total. The molecule has 2 saturated heterocycles. The van der Waals surface area contributed by atoms with E-state index in [0.29, 0.717) is 18.9 Å². The number of benzene rings is 2. The molecule has 1 aromatic heterocycles. The highest BCUT2D eigenvalue weighted by atomic mass is 16.2. The van der Waals surface area contributed by atoms with Crippen molar-refractivity contribution in [1.82, 2.24) is 14.8 Å². The van der Waals surface area contributed by atoms with Crippen LogP contribution in [0, 0.1) is 0 Å². The second-order valence-electron chi connectivity index (χ2n) is 11.1. The molecule has 8 heteroatoms. The third-order valence-corrected chi connectivity index (χ3v) is 7.98. The number of nitrogens with zero attached hydrogens (tertiary/aromatic N) is 3. The highest BCUT2D eigenvalue weighted by molar-refractivity contribution is 6.09. The van der Waals surface area contributed by atoms with Crippen molar-refractivity contribution < 1.29 is 9.59 Å². The topological polar surface area (TPSA) is 89.6 Å². The average molecular weight is 515 g/mol. The van der Waals surface area contributed by atoms with Gasteiger partial charge < -0.3 is 25.8 Å². The van der Waals surface area contributed by atoms with E-state index in [4.69, 9.17) is 4.98 Å². The zero-order valence-corrected chi connectivity index (χ0v) is 22.1. The summed E-state index contributed by atoms with van der Waals surface area (Å²) < 4.78 is 0. The van der Waals surface area contributed by atoms with Gasteiger partial charge in [0.2, 0.25) is 11.8 Å². The first-order chi connectivity index (χ1) is 18.6. The molecule has 3 heterocycles. The fraction of sp³-hybridized carbons (Fsp3) is 0.500. The molecule has 0 radical (unpaired) electrons.